The SMILES string of the molecule is C=CCOC(=O)C1=C(C)N=C2SCCC(=O)N2[C@@H]1c1ccc(OC(C)=O)c(OC)c1. The number of methoxy groups -OCH3 is 1. The lowest BCUT2D eigenvalue weighted by Crippen LogP contribution is -2.45. The van der Waals surface area contributed by atoms with Crippen LogP contribution < -0.4 is 9.47 Å². The van der Waals surface area contributed by atoms with Gasteiger partial charge in [-0.2, -0.15) is 0 Å². The number of thioether (sulfide) groups is 1. The van der Waals surface area contributed by atoms with Crippen LogP contribution in [-0.2, 0) is 19.1 Å². The van der Waals surface area contributed by atoms with Crippen LogP contribution in [0.25, 0.3) is 0 Å². The normalized spacial score (nSPS) is 18.4. The van der Waals surface area contributed by atoms with E-state index in [1.165, 1.54) is 36.8 Å². The molecule has 0 N–H and O–H groups in total. The summed E-state index contributed by atoms with van der Waals surface area (Å²) in [5.41, 5.74) is 1.35. The summed E-state index contributed by atoms with van der Waals surface area (Å²) in [4.78, 5) is 43.0. The number of amides is 1. The molecule has 0 aromatic heterocycles. The Morgan fingerprint density at radius 3 is 2.80 bits per heavy atom. The van der Waals surface area contributed by atoms with Crippen LogP contribution in [0.3, 0.4) is 0 Å². The van der Waals surface area contributed by atoms with Gasteiger partial charge in [-0.3, -0.25) is 14.5 Å². The van der Waals surface area contributed by atoms with E-state index in [-0.39, 0.29) is 23.8 Å². The molecule has 30 heavy (non-hydrogen) atoms. The summed E-state index contributed by atoms with van der Waals surface area (Å²) in [7, 11) is 1.45. The van der Waals surface area contributed by atoms with E-state index in [1.807, 2.05) is 0 Å². The summed E-state index contributed by atoms with van der Waals surface area (Å²) in [6, 6.07) is 4.17. The van der Waals surface area contributed by atoms with Crippen molar-refractivity contribution in [3.05, 3.63) is 47.7 Å². The van der Waals surface area contributed by atoms with Crippen molar-refractivity contribution in [1.29, 1.82) is 0 Å². The molecule has 0 unspecified atom stereocenters. The molecule has 158 valence electrons. The van der Waals surface area contributed by atoms with Crippen LogP contribution in [0.1, 0.15) is 31.9 Å². The Hall–Kier alpha value is -3.07. The average molecular weight is 430 g/mol. The van der Waals surface area contributed by atoms with E-state index in [9.17, 15) is 14.4 Å². The predicted octanol–water partition coefficient (Wildman–Crippen LogP) is 3.00. The predicted molar refractivity (Wildman–Crippen MR) is 112 cm³/mol. The molecule has 0 bridgehead atoms. The van der Waals surface area contributed by atoms with Gasteiger partial charge in [0, 0.05) is 19.1 Å². The highest BCUT2D eigenvalue weighted by molar-refractivity contribution is 8.14. The largest absolute Gasteiger partial charge is 0.493 e. The zero-order chi connectivity index (χ0) is 21.8. The average Bonchev–Trinajstić information content (AvgIpc) is 2.71. The van der Waals surface area contributed by atoms with Crippen molar-refractivity contribution in [2.45, 2.75) is 26.3 Å². The van der Waals surface area contributed by atoms with E-state index >= 15 is 0 Å². The Labute approximate surface area is 178 Å². The van der Waals surface area contributed by atoms with Gasteiger partial charge >= 0.3 is 11.9 Å². The highest BCUT2D eigenvalue weighted by Crippen LogP contribution is 2.42. The van der Waals surface area contributed by atoms with Crippen molar-refractivity contribution in [3.63, 3.8) is 0 Å². The highest BCUT2D eigenvalue weighted by atomic mass is 32.2. The maximum absolute atomic E-state index is 12.9. The lowest BCUT2D eigenvalue weighted by atomic mass is 9.94. The van der Waals surface area contributed by atoms with Crippen molar-refractivity contribution in [2.24, 2.45) is 4.99 Å². The summed E-state index contributed by atoms with van der Waals surface area (Å²) < 4.78 is 15.8. The minimum Gasteiger partial charge on any atom is -0.493 e. The fourth-order valence-electron chi connectivity index (χ4n) is 3.28. The number of carbonyl (C=O) groups is 3. The van der Waals surface area contributed by atoms with Gasteiger partial charge in [-0.25, -0.2) is 9.79 Å². The highest BCUT2D eigenvalue weighted by Gasteiger charge is 2.42. The third kappa shape index (κ3) is 4.25. The van der Waals surface area contributed by atoms with Crippen molar-refractivity contribution < 1.29 is 28.6 Å². The molecule has 2 aliphatic rings. The maximum atomic E-state index is 12.9. The van der Waals surface area contributed by atoms with Crippen molar-refractivity contribution in [3.8, 4) is 11.5 Å². The smallest absolute Gasteiger partial charge is 0.338 e. The number of hydrogen-bond donors (Lipinski definition) is 0. The first-order valence-corrected chi connectivity index (χ1v) is 10.2. The Bertz CT molecular complexity index is 968. The summed E-state index contributed by atoms with van der Waals surface area (Å²) in [5.74, 6) is -0.0255. The molecular weight excluding hydrogens is 408 g/mol. The number of nitrogens with zero attached hydrogens (tertiary/aromatic N) is 2. The van der Waals surface area contributed by atoms with Gasteiger partial charge in [0.15, 0.2) is 16.7 Å². The molecule has 2 heterocycles. The summed E-state index contributed by atoms with van der Waals surface area (Å²) >= 11 is 1.46. The minimum atomic E-state index is -0.740. The maximum Gasteiger partial charge on any atom is 0.338 e. The van der Waals surface area contributed by atoms with Gasteiger partial charge < -0.3 is 14.2 Å². The number of ether oxygens (including phenoxy) is 3. The number of allylic oxidation sites excluding steroid dienone is 1. The van der Waals surface area contributed by atoms with Gasteiger partial charge in [-0.15, -0.1) is 0 Å². The molecule has 9 heteroatoms. The first kappa shape index (κ1) is 21.6. The number of rotatable bonds is 6. The first-order valence-electron chi connectivity index (χ1n) is 9.26. The van der Waals surface area contributed by atoms with Gasteiger partial charge in [0.05, 0.1) is 24.4 Å². The number of aliphatic imine (C=N–C) groups is 1. The van der Waals surface area contributed by atoms with Crippen molar-refractivity contribution in [2.75, 3.05) is 19.5 Å². The Balaban J connectivity index is 2.13. The molecule has 1 saturated heterocycles. The van der Waals surface area contributed by atoms with Crippen molar-refractivity contribution >= 4 is 34.8 Å². The summed E-state index contributed by atoms with van der Waals surface area (Å²) in [6.07, 6.45) is 1.80. The number of benzene rings is 1. The van der Waals surface area contributed by atoms with E-state index in [1.54, 1.807) is 25.1 Å². The summed E-state index contributed by atoms with van der Waals surface area (Å²) in [6.45, 7) is 6.61. The van der Waals surface area contributed by atoms with Crippen molar-refractivity contribution in [1.82, 2.24) is 4.90 Å². The third-order valence-electron chi connectivity index (χ3n) is 4.52. The molecule has 3 rings (SSSR count). The second kappa shape index (κ2) is 9.17. The monoisotopic (exact) mass is 430 g/mol. The molecule has 0 spiro atoms. The second-order valence-electron chi connectivity index (χ2n) is 6.55. The van der Waals surface area contributed by atoms with Gasteiger partial charge in [0.25, 0.3) is 0 Å². The fourth-order valence-corrected chi connectivity index (χ4v) is 4.29. The van der Waals surface area contributed by atoms with Crippen LogP contribution in [0.2, 0.25) is 0 Å². The van der Waals surface area contributed by atoms with Crippen LogP contribution in [0.4, 0.5) is 0 Å². The number of amidine groups is 1. The molecule has 0 radical (unpaired) electrons. The lowest BCUT2D eigenvalue weighted by molar-refractivity contribution is -0.139. The number of fused-ring (bicyclic) bond motifs is 1. The van der Waals surface area contributed by atoms with Crippen LogP contribution in [-0.4, -0.2) is 47.4 Å². The quantitative estimate of drug-likeness (QED) is 0.389. The van der Waals surface area contributed by atoms with E-state index in [2.05, 4.69) is 11.6 Å². The molecule has 8 nitrogen and oxygen atoms in total. The number of hydrogen-bond acceptors (Lipinski definition) is 8. The minimum absolute atomic E-state index is 0.0380. The standard InChI is InChI=1S/C21H22N2O6S/c1-5-9-28-20(26)18-12(2)22-21-23(17(25)8-10-30-21)19(18)14-6-7-15(29-13(3)24)16(11-14)27-4/h5-7,11,19H,1,8-10H2,2-4H3/t19-/m1/s1. The molecule has 0 aliphatic carbocycles. The van der Waals surface area contributed by atoms with Crippen LogP contribution in [0, 0.1) is 0 Å². The van der Waals surface area contributed by atoms with Gasteiger partial charge in [-0.05, 0) is 24.6 Å². The van der Waals surface area contributed by atoms with Crippen LogP contribution in [0.5, 0.6) is 11.5 Å². The molecule has 1 fully saturated rings. The number of carbonyl (C=O) groups excluding carboxylic acids is 3. The Morgan fingerprint density at radius 2 is 2.13 bits per heavy atom. The van der Waals surface area contributed by atoms with E-state index in [4.69, 9.17) is 14.2 Å². The molecule has 1 atom stereocenters. The molecule has 2 aliphatic heterocycles. The fraction of sp³-hybridized carbons (Fsp3) is 0.333. The molecule has 1 aromatic carbocycles. The van der Waals surface area contributed by atoms with Gasteiger partial charge in [0.2, 0.25) is 5.91 Å². The van der Waals surface area contributed by atoms with Crippen LogP contribution in [0.15, 0.2) is 47.1 Å². The molecule has 0 saturated carbocycles. The Morgan fingerprint density at radius 1 is 1.37 bits per heavy atom. The van der Waals surface area contributed by atoms with Gasteiger partial charge in [0.1, 0.15) is 6.61 Å². The van der Waals surface area contributed by atoms with E-state index < -0.39 is 18.0 Å². The van der Waals surface area contributed by atoms with Gasteiger partial charge in [-0.1, -0.05) is 30.5 Å². The molecule has 1 aromatic rings. The zero-order valence-electron chi connectivity index (χ0n) is 17.0. The topological polar surface area (TPSA) is 94.5 Å². The van der Waals surface area contributed by atoms with E-state index in [0.29, 0.717) is 34.4 Å². The second-order valence-corrected chi connectivity index (χ2v) is 7.61. The van der Waals surface area contributed by atoms with E-state index in [0.717, 1.165) is 0 Å². The Kier molecular flexibility index (Phi) is 6.61. The summed E-state index contributed by atoms with van der Waals surface area (Å²) in [5, 5.41) is 0.539. The molecular formula is C21H22N2O6S. The third-order valence-corrected chi connectivity index (χ3v) is 5.47. The zero-order valence-corrected chi connectivity index (χ0v) is 17.8. The van der Waals surface area contributed by atoms with Crippen LogP contribution >= 0.6 is 11.8 Å². The lowest BCUT2D eigenvalue weighted by Gasteiger charge is -2.39. The molecule has 1 amide bonds. The number of esters is 2. The first-order chi connectivity index (χ1) is 14.4.